The molecule has 2 aromatic rings. The van der Waals surface area contributed by atoms with Gasteiger partial charge in [-0.1, -0.05) is 54.6 Å². The lowest BCUT2D eigenvalue weighted by atomic mass is 9.89. The van der Waals surface area contributed by atoms with Crippen LogP contribution in [-0.4, -0.2) is 76.0 Å². The smallest absolute Gasteiger partial charge is 0.0542 e. The molecule has 0 spiro atoms. The van der Waals surface area contributed by atoms with Gasteiger partial charge in [0, 0.05) is 95.0 Å². The summed E-state index contributed by atoms with van der Waals surface area (Å²) in [6, 6.07) is 15.7. The van der Waals surface area contributed by atoms with Crippen molar-refractivity contribution >= 4 is 28.4 Å². The normalized spacial score (nSPS) is 18.2. The van der Waals surface area contributed by atoms with Gasteiger partial charge in [-0.15, -0.1) is 0 Å². The number of fused-ring (bicyclic) bond motifs is 2. The predicted molar refractivity (Wildman–Crippen MR) is 154 cm³/mol. The molecule has 0 fully saturated rings. The third kappa shape index (κ3) is 3.67. The van der Waals surface area contributed by atoms with Gasteiger partial charge in [-0.25, -0.2) is 0 Å². The van der Waals surface area contributed by atoms with Gasteiger partial charge in [-0.3, -0.25) is 0 Å². The molecule has 0 amide bonds. The molecule has 0 saturated carbocycles. The highest BCUT2D eigenvalue weighted by Crippen LogP contribution is 2.41. The zero-order valence-corrected chi connectivity index (χ0v) is 22.9. The van der Waals surface area contributed by atoms with Crippen molar-refractivity contribution in [2.24, 2.45) is 5.92 Å². The van der Waals surface area contributed by atoms with E-state index in [2.05, 4.69) is 143 Å². The highest BCUT2D eigenvalue weighted by Gasteiger charge is 2.34. The van der Waals surface area contributed by atoms with E-state index in [4.69, 9.17) is 0 Å². The van der Waals surface area contributed by atoms with E-state index < -0.39 is 0 Å². The van der Waals surface area contributed by atoms with Crippen LogP contribution in [0.15, 0.2) is 72.3 Å². The molecule has 1 unspecified atom stereocenters. The van der Waals surface area contributed by atoms with E-state index in [0.717, 1.165) is 6.42 Å². The van der Waals surface area contributed by atoms with Crippen LogP contribution in [0.1, 0.15) is 23.1 Å². The van der Waals surface area contributed by atoms with Crippen LogP contribution < -0.4 is 10.4 Å². The lowest BCUT2D eigenvalue weighted by Gasteiger charge is -2.27. The Kier molecular flexibility index (Phi) is 6.07. The first-order valence-corrected chi connectivity index (χ1v) is 12.7. The number of allylic oxidation sites excluding steroid dienone is 4. The standard InChI is InChI=1S/C32H38N4/c1-33(2)29-23-19-25-26(20-24(23)30(34(3)4)27(29)21-15-11-9-12-16-21)32(36(7)8)28(31(25)35(5)6)22-17-13-10-14-18-22/h9-17,19-20,22H,18H2,1-8H3. The highest BCUT2D eigenvalue weighted by molar-refractivity contribution is 6.13. The van der Waals surface area contributed by atoms with Gasteiger partial charge in [0.05, 0.1) is 22.8 Å². The quantitative estimate of drug-likeness (QED) is 0.625. The molecule has 4 heteroatoms. The molecule has 0 aliphatic heterocycles. The van der Waals surface area contributed by atoms with Gasteiger partial charge in [-0.05, 0) is 24.1 Å². The molecular formula is C32H38N4. The molecule has 0 radical (unpaired) electrons. The molecular weight excluding hydrogens is 440 g/mol. The summed E-state index contributed by atoms with van der Waals surface area (Å²) in [4.78, 5) is 9.19. The Morgan fingerprint density at radius 2 is 1.17 bits per heavy atom. The van der Waals surface area contributed by atoms with E-state index in [-0.39, 0.29) is 0 Å². The summed E-state index contributed by atoms with van der Waals surface area (Å²) in [6.07, 6.45) is 10.0. The van der Waals surface area contributed by atoms with Crippen LogP contribution in [0.3, 0.4) is 0 Å². The van der Waals surface area contributed by atoms with E-state index in [9.17, 15) is 0 Å². The lowest BCUT2D eigenvalue weighted by molar-refractivity contribution is 0.559. The average molecular weight is 479 g/mol. The minimum atomic E-state index is 0.369. The third-order valence-electron chi connectivity index (χ3n) is 7.36. The summed E-state index contributed by atoms with van der Waals surface area (Å²) < 4.78 is 0. The van der Waals surface area contributed by atoms with E-state index in [1.54, 1.807) is 0 Å². The van der Waals surface area contributed by atoms with E-state index in [1.165, 1.54) is 61.1 Å². The molecule has 0 bridgehead atoms. The summed E-state index contributed by atoms with van der Waals surface area (Å²) in [7, 11) is 17.4. The molecule has 3 aliphatic rings. The summed E-state index contributed by atoms with van der Waals surface area (Å²) in [5.41, 5.74) is 11.8. The van der Waals surface area contributed by atoms with Crippen molar-refractivity contribution in [3.8, 4) is 0 Å². The van der Waals surface area contributed by atoms with Gasteiger partial charge < -0.3 is 19.6 Å². The second-order valence-corrected chi connectivity index (χ2v) is 10.7. The van der Waals surface area contributed by atoms with Crippen LogP contribution in [0.25, 0.3) is 28.4 Å². The van der Waals surface area contributed by atoms with Crippen LogP contribution in [0.4, 0.5) is 0 Å². The predicted octanol–water partition coefficient (Wildman–Crippen LogP) is 3.89. The zero-order valence-electron chi connectivity index (χ0n) is 22.9. The first kappa shape index (κ1) is 24.1. The summed E-state index contributed by atoms with van der Waals surface area (Å²) in [5.74, 6) is 0.369. The van der Waals surface area contributed by atoms with Crippen molar-refractivity contribution < 1.29 is 0 Å². The molecule has 5 rings (SSSR count). The molecule has 2 aromatic carbocycles. The van der Waals surface area contributed by atoms with Crippen molar-refractivity contribution in [3.63, 3.8) is 0 Å². The van der Waals surface area contributed by atoms with Crippen LogP contribution in [0.5, 0.6) is 0 Å². The molecule has 0 saturated heterocycles. The monoisotopic (exact) mass is 478 g/mol. The Labute approximate surface area is 216 Å². The largest absolute Gasteiger partial charge is 0.377 e. The maximum Gasteiger partial charge on any atom is 0.0542 e. The third-order valence-corrected chi connectivity index (χ3v) is 7.36. The second-order valence-electron chi connectivity index (χ2n) is 10.7. The number of hydrogen-bond donors (Lipinski definition) is 0. The van der Waals surface area contributed by atoms with Crippen LogP contribution in [0, 0.1) is 5.92 Å². The minimum Gasteiger partial charge on any atom is -0.377 e. The molecule has 0 aromatic heterocycles. The van der Waals surface area contributed by atoms with Crippen molar-refractivity contribution in [2.75, 3.05) is 56.4 Å². The number of likely N-dealkylation sites (N-methyl/N-ethyl adjacent to an activating group) is 2. The minimum absolute atomic E-state index is 0.369. The molecule has 1 atom stereocenters. The summed E-state index contributed by atoms with van der Waals surface area (Å²) in [5, 5.41) is 2.63. The Morgan fingerprint density at radius 1 is 0.611 bits per heavy atom. The van der Waals surface area contributed by atoms with Crippen LogP contribution in [-0.2, 0) is 0 Å². The molecule has 186 valence electrons. The summed E-state index contributed by atoms with van der Waals surface area (Å²) in [6.45, 7) is 0. The number of benzene rings is 2. The van der Waals surface area contributed by atoms with Gasteiger partial charge >= 0.3 is 0 Å². The van der Waals surface area contributed by atoms with Crippen molar-refractivity contribution in [1.29, 1.82) is 0 Å². The fourth-order valence-corrected chi connectivity index (χ4v) is 6.08. The van der Waals surface area contributed by atoms with Crippen LogP contribution in [0.2, 0.25) is 0 Å². The highest BCUT2D eigenvalue weighted by atomic mass is 15.1. The fourth-order valence-electron chi connectivity index (χ4n) is 6.08. The Morgan fingerprint density at radius 3 is 1.69 bits per heavy atom. The van der Waals surface area contributed by atoms with Crippen molar-refractivity contribution in [3.05, 3.63) is 99.5 Å². The maximum atomic E-state index is 2.45. The summed E-state index contributed by atoms with van der Waals surface area (Å²) >= 11 is 0. The van der Waals surface area contributed by atoms with Gasteiger partial charge in [-0.2, -0.15) is 0 Å². The van der Waals surface area contributed by atoms with Gasteiger partial charge in [0.1, 0.15) is 0 Å². The van der Waals surface area contributed by atoms with E-state index in [1.807, 2.05) is 0 Å². The number of hydrogen-bond acceptors (Lipinski definition) is 4. The van der Waals surface area contributed by atoms with Crippen molar-refractivity contribution in [2.45, 2.75) is 6.42 Å². The Hall–Kier alpha value is -3.66. The topological polar surface area (TPSA) is 13.0 Å². The van der Waals surface area contributed by atoms with Crippen molar-refractivity contribution in [1.82, 2.24) is 19.6 Å². The van der Waals surface area contributed by atoms with E-state index >= 15 is 0 Å². The second kappa shape index (κ2) is 9.09. The Balaban J connectivity index is 1.88. The van der Waals surface area contributed by atoms with E-state index in [0.29, 0.717) is 5.92 Å². The number of rotatable bonds is 6. The van der Waals surface area contributed by atoms with Crippen LogP contribution >= 0.6 is 0 Å². The maximum absolute atomic E-state index is 2.45. The van der Waals surface area contributed by atoms with Gasteiger partial charge in [0.25, 0.3) is 0 Å². The SMILES string of the molecule is CN(C)C1=C(c2ccccc2)C(N(C)C)=c2cc3c(cc21)=C(N(C)C)C(C1C=CC=CC1)=C3N(C)C. The molecule has 0 heterocycles. The first-order chi connectivity index (χ1) is 17.2. The van der Waals surface area contributed by atoms with Gasteiger partial charge in [0.15, 0.2) is 0 Å². The fraction of sp³-hybridized carbons (Fsp3) is 0.312. The molecule has 36 heavy (non-hydrogen) atoms. The molecule has 4 nitrogen and oxygen atoms in total. The molecule has 3 aliphatic carbocycles. The average Bonchev–Trinajstić information content (AvgIpc) is 3.36. The Bertz CT molecular complexity index is 1450. The lowest BCUT2D eigenvalue weighted by Crippen LogP contribution is -2.26. The molecule has 0 N–H and O–H groups in total. The first-order valence-electron chi connectivity index (χ1n) is 12.7. The van der Waals surface area contributed by atoms with Gasteiger partial charge in [0.2, 0.25) is 0 Å². The number of nitrogens with zero attached hydrogens (tertiary/aromatic N) is 4. The zero-order chi connectivity index (χ0) is 25.7.